The van der Waals surface area contributed by atoms with E-state index in [1.807, 2.05) is 19.2 Å². The highest BCUT2D eigenvalue weighted by Gasteiger charge is 2.27. The molecule has 1 aromatic carbocycles. The van der Waals surface area contributed by atoms with Crippen LogP contribution in [0.25, 0.3) is 11.0 Å². The standard InChI is InChI=1S/C18H26N2O/c1-13(2)20(11-14-8-9-14)12-16(19-3)18-10-15-6-4-5-7-17(15)21-18/h4-7,10,13-14,16,19H,8-9,11-12H2,1-3H3. The Balaban J connectivity index is 1.76. The molecule has 1 aliphatic carbocycles. The van der Waals surface area contributed by atoms with Gasteiger partial charge in [-0.2, -0.15) is 0 Å². The summed E-state index contributed by atoms with van der Waals surface area (Å²) in [6.45, 7) is 6.79. The second-order valence-corrected chi connectivity index (χ2v) is 6.52. The van der Waals surface area contributed by atoms with Gasteiger partial charge in [0, 0.05) is 24.5 Å². The number of nitrogens with zero attached hydrogens (tertiary/aromatic N) is 1. The number of benzene rings is 1. The first-order valence-corrected chi connectivity index (χ1v) is 8.07. The van der Waals surface area contributed by atoms with Gasteiger partial charge in [0.2, 0.25) is 0 Å². The first-order chi connectivity index (χ1) is 10.2. The molecule has 0 amide bonds. The van der Waals surface area contributed by atoms with Crippen LogP contribution in [0.15, 0.2) is 34.7 Å². The number of nitrogens with one attached hydrogen (secondary N) is 1. The molecule has 1 fully saturated rings. The van der Waals surface area contributed by atoms with Gasteiger partial charge in [-0.1, -0.05) is 18.2 Å². The molecule has 1 atom stereocenters. The van der Waals surface area contributed by atoms with Crippen molar-refractivity contribution in [3.05, 3.63) is 36.1 Å². The van der Waals surface area contributed by atoms with Crippen molar-refractivity contribution in [1.82, 2.24) is 10.2 Å². The molecule has 1 N–H and O–H groups in total. The summed E-state index contributed by atoms with van der Waals surface area (Å²) in [6.07, 6.45) is 2.80. The van der Waals surface area contributed by atoms with Gasteiger partial charge >= 0.3 is 0 Å². The summed E-state index contributed by atoms with van der Waals surface area (Å²) in [5, 5.41) is 4.61. The minimum Gasteiger partial charge on any atom is -0.459 e. The summed E-state index contributed by atoms with van der Waals surface area (Å²) in [6, 6.07) is 11.2. The molecule has 2 aromatic rings. The van der Waals surface area contributed by atoms with E-state index in [9.17, 15) is 0 Å². The van der Waals surface area contributed by atoms with Crippen molar-refractivity contribution < 1.29 is 4.42 Å². The van der Waals surface area contributed by atoms with Crippen LogP contribution in [0.1, 0.15) is 38.5 Å². The minimum atomic E-state index is 0.249. The number of likely N-dealkylation sites (N-methyl/N-ethyl adjacent to an activating group) is 1. The highest BCUT2D eigenvalue weighted by atomic mass is 16.3. The molecule has 3 nitrogen and oxygen atoms in total. The van der Waals surface area contributed by atoms with Crippen LogP contribution in [0.3, 0.4) is 0 Å². The molecule has 1 aromatic heterocycles. The first kappa shape index (κ1) is 14.6. The summed E-state index contributed by atoms with van der Waals surface area (Å²) in [5.74, 6) is 1.96. The van der Waals surface area contributed by atoms with Crippen LogP contribution in [0.4, 0.5) is 0 Å². The quantitative estimate of drug-likeness (QED) is 0.839. The smallest absolute Gasteiger partial charge is 0.134 e. The maximum Gasteiger partial charge on any atom is 0.134 e. The lowest BCUT2D eigenvalue weighted by Gasteiger charge is -2.29. The number of rotatable bonds is 7. The van der Waals surface area contributed by atoms with Gasteiger partial charge in [-0.15, -0.1) is 0 Å². The molecule has 0 bridgehead atoms. The van der Waals surface area contributed by atoms with Crippen LogP contribution >= 0.6 is 0 Å². The van der Waals surface area contributed by atoms with E-state index in [1.165, 1.54) is 24.8 Å². The number of para-hydroxylation sites is 1. The second kappa shape index (κ2) is 6.20. The average molecular weight is 286 g/mol. The van der Waals surface area contributed by atoms with Gasteiger partial charge < -0.3 is 9.73 Å². The molecule has 0 radical (unpaired) electrons. The summed E-state index contributed by atoms with van der Waals surface area (Å²) >= 11 is 0. The summed E-state index contributed by atoms with van der Waals surface area (Å²) < 4.78 is 6.03. The lowest BCUT2D eigenvalue weighted by Crippen LogP contribution is -2.39. The van der Waals surface area contributed by atoms with Gasteiger partial charge in [0.05, 0.1) is 6.04 Å². The number of fused-ring (bicyclic) bond motifs is 1. The van der Waals surface area contributed by atoms with Crippen LogP contribution in [0, 0.1) is 5.92 Å². The first-order valence-electron chi connectivity index (χ1n) is 8.07. The van der Waals surface area contributed by atoms with Crippen molar-refractivity contribution in [2.75, 3.05) is 20.1 Å². The van der Waals surface area contributed by atoms with Crippen molar-refractivity contribution in [1.29, 1.82) is 0 Å². The van der Waals surface area contributed by atoms with E-state index < -0.39 is 0 Å². The van der Waals surface area contributed by atoms with Gasteiger partial charge in [-0.25, -0.2) is 0 Å². The van der Waals surface area contributed by atoms with E-state index in [4.69, 9.17) is 4.42 Å². The third-order valence-corrected chi connectivity index (χ3v) is 4.47. The van der Waals surface area contributed by atoms with E-state index in [-0.39, 0.29) is 6.04 Å². The molecule has 1 aliphatic rings. The Hall–Kier alpha value is -1.32. The molecular formula is C18H26N2O. The van der Waals surface area contributed by atoms with E-state index in [2.05, 4.69) is 42.3 Å². The number of furan rings is 1. The third kappa shape index (κ3) is 3.47. The zero-order valence-electron chi connectivity index (χ0n) is 13.3. The topological polar surface area (TPSA) is 28.4 Å². The average Bonchev–Trinajstić information content (AvgIpc) is 3.19. The monoisotopic (exact) mass is 286 g/mol. The minimum absolute atomic E-state index is 0.249. The molecule has 114 valence electrons. The predicted molar refractivity (Wildman–Crippen MR) is 87.4 cm³/mol. The van der Waals surface area contributed by atoms with Gasteiger partial charge in [0.25, 0.3) is 0 Å². The molecular weight excluding hydrogens is 260 g/mol. The zero-order chi connectivity index (χ0) is 14.8. The molecule has 0 aliphatic heterocycles. The Morgan fingerprint density at radius 3 is 2.67 bits per heavy atom. The highest BCUT2D eigenvalue weighted by Crippen LogP contribution is 2.31. The fraction of sp³-hybridized carbons (Fsp3) is 0.556. The van der Waals surface area contributed by atoms with E-state index in [1.54, 1.807) is 0 Å². The molecule has 0 saturated heterocycles. The highest BCUT2D eigenvalue weighted by molar-refractivity contribution is 5.77. The molecule has 0 spiro atoms. The van der Waals surface area contributed by atoms with Crippen LogP contribution < -0.4 is 5.32 Å². The maximum absolute atomic E-state index is 6.03. The Bertz CT molecular complexity index is 553. The molecule has 1 unspecified atom stereocenters. The van der Waals surface area contributed by atoms with E-state index >= 15 is 0 Å². The Kier molecular flexibility index (Phi) is 4.32. The van der Waals surface area contributed by atoms with Crippen LogP contribution in [-0.4, -0.2) is 31.1 Å². The van der Waals surface area contributed by atoms with Gasteiger partial charge in [-0.3, -0.25) is 4.90 Å². The normalized spacial score (nSPS) is 17.0. The molecule has 3 heteroatoms. The lowest BCUT2D eigenvalue weighted by molar-refractivity contribution is 0.185. The molecule has 1 saturated carbocycles. The van der Waals surface area contributed by atoms with Crippen molar-refractivity contribution in [3.8, 4) is 0 Å². The SMILES string of the molecule is CNC(CN(CC1CC1)C(C)C)c1cc2ccccc2o1. The Labute approximate surface area is 127 Å². The van der Waals surface area contributed by atoms with Crippen molar-refractivity contribution >= 4 is 11.0 Å². The fourth-order valence-electron chi connectivity index (χ4n) is 2.86. The van der Waals surface area contributed by atoms with Crippen LogP contribution in [0.2, 0.25) is 0 Å². The second-order valence-electron chi connectivity index (χ2n) is 6.52. The molecule has 1 heterocycles. The zero-order valence-corrected chi connectivity index (χ0v) is 13.3. The van der Waals surface area contributed by atoms with Crippen molar-refractivity contribution in [2.45, 2.75) is 38.8 Å². The predicted octanol–water partition coefficient (Wildman–Crippen LogP) is 3.81. The number of hydrogen-bond donors (Lipinski definition) is 1. The third-order valence-electron chi connectivity index (χ3n) is 4.47. The Morgan fingerprint density at radius 1 is 1.29 bits per heavy atom. The van der Waals surface area contributed by atoms with Gasteiger partial charge in [0.15, 0.2) is 0 Å². The van der Waals surface area contributed by atoms with Gasteiger partial charge in [0.1, 0.15) is 11.3 Å². The van der Waals surface area contributed by atoms with Gasteiger partial charge in [-0.05, 0) is 51.8 Å². The number of hydrogen-bond acceptors (Lipinski definition) is 3. The summed E-state index contributed by atoms with van der Waals surface area (Å²) in [4.78, 5) is 2.58. The van der Waals surface area contributed by atoms with Crippen molar-refractivity contribution in [2.24, 2.45) is 5.92 Å². The largest absolute Gasteiger partial charge is 0.459 e. The van der Waals surface area contributed by atoms with Crippen LogP contribution in [0.5, 0.6) is 0 Å². The lowest BCUT2D eigenvalue weighted by atomic mass is 10.1. The molecule has 3 rings (SSSR count). The maximum atomic E-state index is 6.03. The van der Waals surface area contributed by atoms with Crippen LogP contribution in [-0.2, 0) is 0 Å². The van der Waals surface area contributed by atoms with E-state index in [0.717, 1.165) is 23.8 Å². The fourth-order valence-corrected chi connectivity index (χ4v) is 2.86. The van der Waals surface area contributed by atoms with Crippen molar-refractivity contribution in [3.63, 3.8) is 0 Å². The summed E-state index contributed by atoms with van der Waals surface area (Å²) in [7, 11) is 2.02. The van der Waals surface area contributed by atoms with E-state index in [0.29, 0.717) is 6.04 Å². The molecule has 21 heavy (non-hydrogen) atoms. The summed E-state index contributed by atoms with van der Waals surface area (Å²) in [5.41, 5.74) is 0.978. The Morgan fingerprint density at radius 2 is 2.05 bits per heavy atom.